The van der Waals surface area contributed by atoms with Crippen LogP contribution in [0.1, 0.15) is 39.0 Å². The van der Waals surface area contributed by atoms with E-state index in [1.54, 1.807) is 0 Å². The second kappa shape index (κ2) is 4.43. The fraction of sp³-hybridized carbons (Fsp3) is 1.00. The van der Waals surface area contributed by atoms with Crippen molar-refractivity contribution in [3.63, 3.8) is 0 Å². The van der Waals surface area contributed by atoms with Crippen molar-refractivity contribution in [3.05, 3.63) is 0 Å². The lowest BCUT2D eigenvalue weighted by atomic mass is 9.84. The lowest BCUT2D eigenvalue weighted by molar-refractivity contribution is 0.214. The van der Waals surface area contributed by atoms with Gasteiger partial charge in [-0.25, -0.2) is 0 Å². The Hall–Kier alpha value is -0.0800. The van der Waals surface area contributed by atoms with E-state index in [0.717, 1.165) is 18.0 Å². The topological polar surface area (TPSA) is 24.1 Å². The zero-order valence-corrected chi connectivity index (χ0v) is 8.68. The molecule has 0 aromatic rings. The van der Waals surface area contributed by atoms with E-state index >= 15 is 0 Å². The lowest BCUT2D eigenvalue weighted by Crippen LogP contribution is -2.55. The molecule has 2 N–H and O–H groups in total. The molecule has 0 aromatic heterocycles. The molecule has 2 rings (SSSR count). The minimum Gasteiger partial charge on any atom is -0.312 e. The van der Waals surface area contributed by atoms with E-state index in [9.17, 15) is 0 Å². The van der Waals surface area contributed by atoms with E-state index in [1.807, 2.05) is 0 Å². The standard InChI is InChI=1S/C11H22N2/c1-9-5-4-8-13-11(9)10-6-2-3-7-12-10/h9-13H,2-8H2,1H3. The van der Waals surface area contributed by atoms with Crippen LogP contribution in [0.3, 0.4) is 0 Å². The Morgan fingerprint density at radius 3 is 2.46 bits per heavy atom. The van der Waals surface area contributed by atoms with Crippen LogP contribution in [0.2, 0.25) is 0 Å². The molecule has 3 unspecified atom stereocenters. The van der Waals surface area contributed by atoms with Crippen molar-refractivity contribution in [2.45, 2.75) is 51.1 Å². The molecule has 2 heterocycles. The number of rotatable bonds is 1. The molecule has 2 aliphatic heterocycles. The molecule has 0 aromatic carbocycles. The van der Waals surface area contributed by atoms with Crippen LogP contribution in [0.25, 0.3) is 0 Å². The zero-order chi connectivity index (χ0) is 9.10. The Morgan fingerprint density at radius 1 is 0.923 bits per heavy atom. The summed E-state index contributed by atoms with van der Waals surface area (Å²) in [6, 6.07) is 1.50. The molecule has 0 saturated carbocycles. The van der Waals surface area contributed by atoms with Crippen LogP contribution in [-0.2, 0) is 0 Å². The van der Waals surface area contributed by atoms with Gasteiger partial charge in [0, 0.05) is 12.1 Å². The van der Waals surface area contributed by atoms with Crippen molar-refractivity contribution in [2.75, 3.05) is 13.1 Å². The summed E-state index contributed by atoms with van der Waals surface area (Å²) in [5.41, 5.74) is 0. The molecule has 0 spiro atoms. The molecule has 2 aliphatic rings. The molecule has 13 heavy (non-hydrogen) atoms. The predicted molar refractivity (Wildman–Crippen MR) is 55.8 cm³/mol. The van der Waals surface area contributed by atoms with Crippen molar-refractivity contribution >= 4 is 0 Å². The highest BCUT2D eigenvalue weighted by atomic mass is 15.0. The molecule has 2 saturated heterocycles. The average Bonchev–Trinajstić information content (AvgIpc) is 2.20. The van der Waals surface area contributed by atoms with Crippen molar-refractivity contribution in [1.29, 1.82) is 0 Å². The molecule has 3 atom stereocenters. The van der Waals surface area contributed by atoms with Crippen LogP contribution in [0.4, 0.5) is 0 Å². The summed E-state index contributed by atoms with van der Waals surface area (Å²) in [5, 5.41) is 7.33. The van der Waals surface area contributed by atoms with E-state index in [1.165, 1.54) is 45.2 Å². The molecule has 0 aliphatic carbocycles. The molecule has 2 nitrogen and oxygen atoms in total. The summed E-state index contributed by atoms with van der Waals surface area (Å²) in [6.45, 7) is 4.86. The average molecular weight is 182 g/mol. The van der Waals surface area contributed by atoms with Gasteiger partial charge >= 0.3 is 0 Å². The van der Waals surface area contributed by atoms with Gasteiger partial charge < -0.3 is 10.6 Å². The second-order valence-corrected chi connectivity index (χ2v) is 4.66. The van der Waals surface area contributed by atoms with Gasteiger partial charge in [-0.3, -0.25) is 0 Å². The number of hydrogen-bond donors (Lipinski definition) is 2. The highest BCUT2D eigenvalue weighted by Gasteiger charge is 2.29. The smallest absolute Gasteiger partial charge is 0.0246 e. The van der Waals surface area contributed by atoms with Crippen LogP contribution in [0.5, 0.6) is 0 Å². The summed E-state index contributed by atoms with van der Waals surface area (Å²) < 4.78 is 0. The Balaban J connectivity index is 1.88. The third-order valence-corrected chi connectivity index (χ3v) is 3.61. The Morgan fingerprint density at radius 2 is 1.77 bits per heavy atom. The van der Waals surface area contributed by atoms with E-state index in [-0.39, 0.29) is 0 Å². The minimum absolute atomic E-state index is 0.744. The Labute approximate surface area is 81.5 Å². The van der Waals surface area contributed by atoms with Gasteiger partial charge in [-0.15, -0.1) is 0 Å². The monoisotopic (exact) mass is 182 g/mol. The largest absolute Gasteiger partial charge is 0.312 e. The number of piperidine rings is 2. The van der Waals surface area contributed by atoms with E-state index in [0.29, 0.717) is 0 Å². The third-order valence-electron chi connectivity index (χ3n) is 3.61. The maximum Gasteiger partial charge on any atom is 0.0246 e. The molecule has 0 amide bonds. The molecular weight excluding hydrogens is 160 g/mol. The van der Waals surface area contributed by atoms with Crippen LogP contribution in [0, 0.1) is 5.92 Å². The van der Waals surface area contributed by atoms with Crippen molar-refractivity contribution in [1.82, 2.24) is 10.6 Å². The summed E-state index contributed by atoms with van der Waals surface area (Å²) in [6.07, 6.45) is 6.95. The van der Waals surface area contributed by atoms with Gasteiger partial charge in [0.1, 0.15) is 0 Å². The van der Waals surface area contributed by atoms with Gasteiger partial charge in [0.15, 0.2) is 0 Å². The maximum absolute atomic E-state index is 3.68. The highest BCUT2D eigenvalue weighted by molar-refractivity contribution is 4.90. The summed E-state index contributed by atoms with van der Waals surface area (Å²) in [4.78, 5) is 0. The van der Waals surface area contributed by atoms with Gasteiger partial charge in [0.25, 0.3) is 0 Å². The number of hydrogen-bond acceptors (Lipinski definition) is 2. The van der Waals surface area contributed by atoms with Crippen molar-refractivity contribution in [2.24, 2.45) is 5.92 Å². The molecular formula is C11H22N2. The van der Waals surface area contributed by atoms with Crippen LogP contribution in [0.15, 0.2) is 0 Å². The van der Waals surface area contributed by atoms with E-state index in [2.05, 4.69) is 17.6 Å². The number of nitrogens with one attached hydrogen (secondary N) is 2. The summed E-state index contributed by atoms with van der Waals surface area (Å²) in [7, 11) is 0. The van der Waals surface area contributed by atoms with E-state index in [4.69, 9.17) is 0 Å². The molecule has 2 heteroatoms. The molecule has 0 bridgehead atoms. The van der Waals surface area contributed by atoms with Crippen LogP contribution in [-0.4, -0.2) is 25.2 Å². The van der Waals surface area contributed by atoms with Crippen LogP contribution >= 0.6 is 0 Å². The Bertz CT molecular complexity index is 152. The molecule has 0 radical (unpaired) electrons. The normalized spacial score (nSPS) is 41.8. The van der Waals surface area contributed by atoms with Gasteiger partial charge in [-0.05, 0) is 44.7 Å². The first-order valence-electron chi connectivity index (χ1n) is 5.84. The van der Waals surface area contributed by atoms with Crippen molar-refractivity contribution < 1.29 is 0 Å². The fourth-order valence-electron chi connectivity index (χ4n) is 2.80. The third kappa shape index (κ3) is 2.23. The van der Waals surface area contributed by atoms with E-state index < -0.39 is 0 Å². The first-order chi connectivity index (χ1) is 6.38. The summed E-state index contributed by atoms with van der Waals surface area (Å²) >= 11 is 0. The first kappa shape index (κ1) is 9.47. The van der Waals surface area contributed by atoms with Crippen molar-refractivity contribution in [3.8, 4) is 0 Å². The summed E-state index contributed by atoms with van der Waals surface area (Å²) in [5.74, 6) is 0.865. The Kier molecular flexibility index (Phi) is 3.23. The predicted octanol–water partition coefficient (Wildman–Crippen LogP) is 1.52. The quantitative estimate of drug-likeness (QED) is 0.642. The lowest BCUT2D eigenvalue weighted by Gasteiger charge is -2.38. The molecule has 2 fully saturated rings. The SMILES string of the molecule is CC1CCCNC1C1CCCCN1. The first-order valence-corrected chi connectivity index (χ1v) is 5.84. The zero-order valence-electron chi connectivity index (χ0n) is 8.68. The minimum atomic E-state index is 0.744. The highest BCUT2D eigenvalue weighted by Crippen LogP contribution is 2.22. The molecule has 76 valence electrons. The van der Waals surface area contributed by atoms with Gasteiger partial charge in [0.05, 0.1) is 0 Å². The van der Waals surface area contributed by atoms with Crippen LogP contribution < -0.4 is 10.6 Å². The maximum atomic E-state index is 3.68. The van der Waals surface area contributed by atoms with Gasteiger partial charge in [-0.1, -0.05) is 13.3 Å². The van der Waals surface area contributed by atoms with Gasteiger partial charge in [-0.2, -0.15) is 0 Å². The second-order valence-electron chi connectivity index (χ2n) is 4.66. The fourth-order valence-corrected chi connectivity index (χ4v) is 2.80. The van der Waals surface area contributed by atoms with Gasteiger partial charge in [0.2, 0.25) is 0 Å².